The van der Waals surface area contributed by atoms with E-state index < -0.39 is 24.0 Å². The summed E-state index contributed by atoms with van der Waals surface area (Å²) in [6.45, 7) is 10.4. The van der Waals surface area contributed by atoms with Crippen LogP contribution in [0.5, 0.6) is 0 Å². The number of ether oxygens (including phenoxy) is 4. The molecule has 3 aliphatic rings. The molecule has 0 spiro atoms. The highest BCUT2D eigenvalue weighted by Gasteiger charge is 2.38. The van der Waals surface area contributed by atoms with Crippen LogP contribution in [0.3, 0.4) is 0 Å². The standard InChI is InChI=1S/C26H38O6/c1-18-14-19(2)16-22-11-6-9-21(30-22)10-7-13-25(28)31-23(12-5-8-20(27)15-18)24-17-29-26(3,4)32-24/h5-9,13,19-24,27H,1,10-12,14-17H2,2-4H3/t19-,20?,21-,22-,23-,24-/m0/s1. The lowest BCUT2D eigenvalue weighted by Gasteiger charge is -2.28. The van der Waals surface area contributed by atoms with Crippen molar-refractivity contribution in [2.24, 2.45) is 5.92 Å². The van der Waals surface area contributed by atoms with Gasteiger partial charge in [0.25, 0.3) is 0 Å². The summed E-state index contributed by atoms with van der Waals surface area (Å²) in [5.74, 6) is -0.707. The molecule has 0 saturated carbocycles. The Bertz CT molecular complexity index is 737. The molecule has 0 aromatic heterocycles. The molecule has 32 heavy (non-hydrogen) atoms. The second-order valence-corrected chi connectivity index (χ2v) is 9.67. The van der Waals surface area contributed by atoms with Crippen LogP contribution in [0.25, 0.3) is 0 Å². The van der Waals surface area contributed by atoms with E-state index in [9.17, 15) is 9.90 Å². The minimum atomic E-state index is -0.711. The van der Waals surface area contributed by atoms with Gasteiger partial charge in [-0.15, -0.1) is 0 Å². The van der Waals surface area contributed by atoms with E-state index in [1.54, 1.807) is 12.2 Å². The Kier molecular flexibility index (Phi) is 8.88. The third kappa shape index (κ3) is 8.00. The fraction of sp³-hybridized carbons (Fsp3) is 0.654. The van der Waals surface area contributed by atoms with Crippen molar-refractivity contribution in [2.45, 2.75) is 95.6 Å². The van der Waals surface area contributed by atoms with Crippen LogP contribution in [-0.4, -0.2) is 54.0 Å². The van der Waals surface area contributed by atoms with Gasteiger partial charge in [0, 0.05) is 12.5 Å². The number of carbonyl (C=O) groups excluding carboxylic acids is 1. The van der Waals surface area contributed by atoms with Gasteiger partial charge >= 0.3 is 5.97 Å². The van der Waals surface area contributed by atoms with Gasteiger partial charge in [-0.3, -0.25) is 0 Å². The highest BCUT2D eigenvalue weighted by atomic mass is 16.8. The molecular formula is C26H38O6. The van der Waals surface area contributed by atoms with Crippen molar-refractivity contribution in [3.8, 4) is 0 Å². The highest BCUT2D eigenvalue weighted by Crippen LogP contribution is 2.28. The van der Waals surface area contributed by atoms with Crippen LogP contribution in [0.1, 0.15) is 59.3 Å². The van der Waals surface area contributed by atoms with Crippen LogP contribution >= 0.6 is 0 Å². The van der Waals surface area contributed by atoms with Gasteiger partial charge in [0.1, 0.15) is 12.2 Å². The van der Waals surface area contributed by atoms with E-state index in [1.165, 1.54) is 6.08 Å². The van der Waals surface area contributed by atoms with Crippen molar-refractivity contribution in [3.05, 3.63) is 48.6 Å². The molecule has 1 saturated heterocycles. The Hall–Kier alpha value is -1.73. The monoisotopic (exact) mass is 446 g/mol. The second kappa shape index (κ2) is 11.4. The van der Waals surface area contributed by atoms with Crippen LogP contribution < -0.4 is 0 Å². The van der Waals surface area contributed by atoms with Crippen molar-refractivity contribution in [3.63, 3.8) is 0 Å². The summed E-state index contributed by atoms with van der Waals surface area (Å²) in [6.07, 6.45) is 14.0. The van der Waals surface area contributed by atoms with Gasteiger partial charge < -0.3 is 24.1 Å². The van der Waals surface area contributed by atoms with Crippen LogP contribution in [0.2, 0.25) is 0 Å². The summed E-state index contributed by atoms with van der Waals surface area (Å²) in [4.78, 5) is 12.5. The molecule has 3 rings (SSSR count). The van der Waals surface area contributed by atoms with Gasteiger partial charge in [-0.25, -0.2) is 4.79 Å². The average molecular weight is 447 g/mol. The molecule has 1 fully saturated rings. The summed E-state index contributed by atoms with van der Waals surface area (Å²) in [5.41, 5.74) is 1.03. The van der Waals surface area contributed by atoms with E-state index in [-0.39, 0.29) is 18.3 Å². The third-order valence-corrected chi connectivity index (χ3v) is 5.98. The number of aliphatic hydroxyl groups is 1. The van der Waals surface area contributed by atoms with Crippen LogP contribution in [0.4, 0.5) is 0 Å². The van der Waals surface area contributed by atoms with Crippen molar-refractivity contribution in [1.82, 2.24) is 0 Å². The lowest BCUT2D eigenvalue weighted by atomic mass is 9.91. The lowest BCUT2D eigenvalue weighted by Crippen LogP contribution is -2.34. The van der Waals surface area contributed by atoms with Crippen LogP contribution in [0, 0.1) is 5.92 Å². The van der Waals surface area contributed by atoms with Gasteiger partial charge in [0.15, 0.2) is 5.79 Å². The predicted molar refractivity (Wildman–Crippen MR) is 123 cm³/mol. The molecular weight excluding hydrogens is 408 g/mol. The first-order valence-electron chi connectivity index (χ1n) is 11.7. The molecule has 0 aromatic rings. The van der Waals surface area contributed by atoms with E-state index in [0.29, 0.717) is 31.8 Å². The highest BCUT2D eigenvalue weighted by molar-refractivity contribution is 5.82. The molecule has 178 valence electrons. The molecule has 6 atom stereocenters. The molecule has 0 aromatic carbocycles. The second-order valence-electron chi connectivity index (χ2n) is 9.67. The number of rotatable bonds is 1. The SMILES string of the molecule is C=C1CC(O)C=CC[C@@H]([C@@H]2COC(C)(C)O2)OC(=O)C=CC[C@@H]2C=CC[C@@H](C[C@@H](C)C1)O2. The fourth-order valence-electron chi connectivity index (χ4n) is 4.52. The summed E-state index contributed by atoms with van der Waals surface area (Å²) in [5, 5.41) is 10.4. The number of aliphatic hydroxyl groups excluding tert-OH is 1. The summed E-state index contributed by atoms with van der Waals surface area (Å²) in [6, 6.07) is 0. The van der Waals surface area contributed by atoms with E-state index >= 15 is 0 Å². The summed E-state index contributed by atoms with van der Waals surface area (Å²) < 4.78 is 23.5. The largest absolute Gasteiger partial charge is 0.456 e. The zero-order chi connectivity index (χ0) is 23.1. The van der Waals surface area contributed by atoms with E-state index in [0.717, 1.165) is 24.8 Å². The maximum absolute atomic E-state index is 12.5. The Morgan fingerprint density at radius 2 is 1.84 bits per heavy atom. The molecule has 2 bridgehead atoms. The molecule has 6 nitrogen and oxygen atoms in total. The number of esters is 1. The minimum absolute atomic E-state index is 0.0417. The van der Waals surface area contributed by atoms with Crippen molar-refractivity contribution >= 4 is 5.97 Å². The normalized spacial score (nSPS) is 37.0. The number of fused-ring (bicyclic) bond motifs is 2. The number of cyclic esters (lactones) is 1. The Morgan fingerprint density at radius 1 is 1.06 bits per heavy atom. The first-order chi connectivity index (χ1) is 15.2. The Labute approximate surface area is 191 Å². The maximum atomic E-state index is 12.5. The maximum Gasteiger partial charge on any atom is 0.330 e. The average Bonchev–Trinajstić information content (AvgIpc) is 3.06. The molecule has 0 aliphatic carbocycles. The van der Waals surface area contributed by atoms with Crippen LogP contribution in [-0.2, 0) is 23.7 Å². The summed E-state index contributed by atoms with van der Waals surface area (Å²) in [7, 11) is 0. The van der Waals surface area contributed by atoms with Crippen molar-refractivity contribution in [1.29, 1.82) is 0 Å². The fourth-order valence-corrected chi connectivity index (χ4v) is 4.52. The van der Waals surface area contributed by atoms with Crippen molar-refractivity contribution < 1.29 is 28.8 Å². The van der Waals surface area contributed by atoms with E-state index in [2.05, 4.69) is 25.7 Å². The number of carbonyl (C=O) groups is 1. The Morgan fingerprint density at radius 3 is 2.59 bits per heavy atom. The van der Waals surface area contributed by atoms with Crippen LogP contribution in [0.15, 0.2) is 48.6 Å². The molecule has 0 amide bonds. The minimum Gasteiger partial charge on any atom is -0.456 e. The molecule has 0 radical (unpaired) electrons. The first kappa shape index (κ1) is 24.9. The Balaban J connectivity index is 1.72. The smallest absolute Gasteiger partial charge is 0.330 e. The van der Waals surface area contributed by atoms with E-state index in [4.69, 9.17) is 18.9 Å². The molecule has 3 heterocycles. The van der Waals surface area contributed by atoms with E-state index in [1.807, 2.05) is 19.9 Å². The summed E-state index contributed by atoms with van der Waals surface area (Å²) >= 11 is 0. The predicted octanol–water partition coefficient (Wildman–Crippen LogP) is 4.39. The van der Waals surface area contributed by atoms with Gasteiger partial charge in [-0.1, -0.05) is 49.5 Å². The van der Waals surface area contributed by atoms with Crippen molar-refractivity contribution in [2.75, 3.05) is 6.61 Å². The van der Waals surface area contributed by atoms with Gasteiger partial charge in [-0.05, 0) is 51.9 Å². The topological polar surface area (TPSA) is 74.2 Å². The number of hydrogen-bond donors (Lipinski definition) is 1. The number of hydrogen-bond acceptors (Lipinski definition) is 6. The van der Waals surface area contributed by atoms with Gasteiger partial charge in [0.2, 0.25) is 0 Å². The van der Waals surface area contributed by atoms with Gasteiger partial charge in [0.05, 0.1) is 24.9 Å². The lowest BCUT2D eigenvalue weighted by molar-refractivity contribution is -0.166. The third-order valence-electron chi connectivity index (χ3n) is 5.98. The zero-order valence-electron chi connectivity index (χ0n) is 19.6. The molecule has 1 N–H and O–H groups in total. The zero-order valence-corrected chi connectivity index (χ0v) is 19.6. The first-order valence-corrected chi connectivity index (χ1v) is 11.7. The quantitative estimate of drug-likeness (QED) is 0.476. The molecule has 3 aliphatic heterocycles. The molecule has 1 unspecified atom stereocenters. The molecule has 6 heteroatoms. The van der Waals surface area contributed by atoms with Gasteiger partial charge in [-0.2, -0.15) is 0 Å².